The quantitative estimate of drug-likeness (QED) is 0.685. The Bertz CT molecular complexity index is 790. The highest BCUT2D eigenvalue weighted by atomic mass is 16.6. The molecule has 0 aromatic heterocycles. The van der Waals surface area contributed by atoms with Gasteiger partial charge in [0.2, 0.25) is 6.23 Å². The van der Waals surface area contributed by atoms with E-state index < -0.39 is 6.23 Å². The maximum atomic E-state index is 12.1. The molecule has 6 nitrogen and oxygen atoms in total. The highest BCUT2D eigenvalue weighted by molar-refractivity contribution is 5.89. The number of methoxy groups -OCH3 is 2. The van der Waals surface area contributed by atoms with Crippen LogP contribution in [0, 0.1) is 0 Å². The van der Waals surface area contributed by atoms with E-state index in [-0.39, 0.29) is 18.0 Å². The van der Waals surface area contributed by atoms with Crippen molar-refractivity contribution in [1.29, 1.82) is 0 Å². The van der Waals surface area contributed by atoms with E-state index in [0.29, 0.717) is 18.7 Å². The standard InChI is InChI=1S/C22H25NO5/c1-26-21(24)18-12-10-16(11-13-18)7-6-14-23-15-19(17-8-4-3-5-9-17)28-20(23)22(25)27-2/h3-5,8-13,19-20H,6-7,14-15H2,1-2H3/t19?,20-/m1/s1. The Balaban J connectivity index is 1.58. The molecule has 0 N–H and O–H groups in total. The topological polar surface area (TPSA) is 65.1 Å². The third-order valence-corrected chi connectivity index (χ3v) is 4.89. The zero-order chi connectivity index (χ0) is 19.9. The fourth-order valence-electron chi connectivity index (χ4n) is 3.37. The average Bonchev–Trinajstić information content (AvgIpc) is 3.18. The van der Waals surface area contributed by atoms with Crippen molar-refractivity contribution in [2.24, 2.45) is 0 Å². The fraction of sp³-hybridized carbons (Fsp3) is 0.364. The zero-order valence-corrected chi connectivity index (χ0v) is 16.2. The Labute approximate surface area is 165 Å². The number of nitrogens with zero attached hydrogens (tertiary/aromatic N) is 1. The van der Waals surface area contributed by atoms with Crippen molar-refractivity contribution in [2.75, 3.05) is 27.3 Å². The molecule has 1 heterocycles. The highest BCUT2D eigenvalue weighted by Crippen LogP contribution is 2.29. The van der Waals surface area contributed by atoms with Crippen molar-refractivity contribution in [2.45, 2.75) is 25.2 Å². The Morgan fingerprint density at radius 1 is 1.04 bits per heavy atom. The van der Waals surface area contributed by atoms with Gasteiger partial charge in [0.1, 0.15) is 0 Å². The summed E-state index contributed by atoms with van der Waals surface area (Å²) < 4.78 is 15.6. The van der Waals surface area contributed by atoms with Gasteiger partial charge in [-0.15, -0.1) is 0 Å². The highest BCUT2D eigenvalue weighted by Gasteiger charge is 2.38. The van der Waals surface area contributed by atoms with Gasteiger partial charge in [-0.3, -0.25) is 4.90 Å². The van der Waals surface area contributed by atoms with E-state index in [1.165, 1.54) is 14.2 Å². The van der Waals surface area contributed by atoms with E-state index in [4.69, 9.17) is 14.2 Å². The summed E-state index contributed by atoms with van der Waals surface area (Å²) in [6.45, 7) is 1.35. The van der Waals surface area contributed by atoms with Crippen LogP contribution in [-0.2, 0) is 25.4 Å². The van der Waals surface area contributed by atoms with Crippen LogP contribution < -0.4 is 0 Å². The Morgan fingerprint density at radius 3 is 2.39 bits per heavy atom. The minimum atomic E-state index is -0.683. The first kappa shape index (κ1) is 20.0. The average molecular weight is 383 g/mol. The van der Waals surface area contributed by atoms with Crippen LogP contribution in [-0.4, -0.2) is 50.4 Å². The number of aryl methyl sites for hydroxylation is 1. The first-order valence-corrected chi connectivity index (χ1v) is 9.32. The molecular weight excluding hydrogens is 358 g/mol. The zero-order valence-electron chi connectivity index (χ0n) is 16.2. The third kappa shape index (κ3) is 4.77. The van der Waals surface area contributed by atoms with Crippen LogP contribution in [0.2, 0.25) is 0 Å². The molecule has 3 rings (SSSR count). The van der Waals surface area contributed by atoms with Gasteiger partial charge in [-0.25, -0.2) is 9.59 Å². The van der Waals surface area contributed by atoms with Gasteiger partial charge in [0, 0.05) is 13.1 Å². The summed E-state index contributed by atoms with van der Waals surface area (Å²) >= 11 is 0. The molecule has 0 bridgehead atoms. The van der Waals surface area contributed by atoms with Crippen LogP contribution in [0.4, 0.5) is 0 Å². The summed E-state index contributed by atoms with van der Waals surface area (Å²) in [7, 11) is 2.75. The molecule has 1 aliphatic heterocycles. The summed E-state index contributed by atoms with van der Waals surface area (Å²) in [5, 5.41) is 0. The van der Waals surface area contributed by atoms with Crippen LogP contribution in [0.15, 0.2) is 54.6 Å². The minimum Gasteiger partial charge on any atom is -0.466 e. The van der Waals surface area contributed by atoms with Crippen LogP contribution in [0.25, 0.3) is 0 Å². The number of hydrogen-bond acceptors (Lipinski definition) is 6. The van der Waals surface area contributed by atoms with Crippen molar-refractivity contribution in [1.82, 2.24) is 4.90 Å². The third-order valence-electron chi connectivity index (χ3n) is 4.89. The second-order valence-electron chi connectivity index (χ2n) is 6.70. The van der Waals surface area contributed by atoms with Gasteiger partial charge in [-0.2, -0.15) is 0 Å². The number of esters is 2. The smallest absolute Gasteiger partial charge is 0.350 e. The second kappa shape index (κ2) is 9.48. The molecule has 0 saturated carbocycles. The second-order valence-corrected chi connectivity index (χ2v) is 6.70. The maximum Gasteiger partial charge on any atom is 0.350 e. The van der Waals surface area contributed by atoms with Gasteiger partial charge in [0.05, 0.1) is 25.9 Å². The summed E-state index contributed by atoms with van der Waals surface area (Å²) in [5.41, 5.74) is 2.72. The lowest BCUT2D eigenvalue weighted by Crippen LogP contribution is -2.38. The lowest BCUT2D eigenvalue weighted by molar-refractivity contribution is -0.160. The van der Waals surface area contributed by atoms with Gasteiger partial charge in [0.15, 0.2) is 0 Å². The van der Waals surface area contributed by atoms with Crippen molar-refractivity contribution in [3.8, 4) is 0 Å². The largest absolute Gasteiger partial charge is 0.466 e. The minimum absolute atomic E-state index is 0.148. The van der Waals surface area contributed by atoms with Crippen LogP contribution in [0.3, 0.4) is 0 Å². The number of rotatable bonds is 7. The molecule has 0 amide bonds. The monoisotopic (exact) mass is 383 g/mol. The number of hydrogen-bond donors (Lipinski definition) is 0. The normalized spacial score (nSPS) is 19.4. The molecule has 0 spiro atoms. The van der Waals surface area contributed by atoms with Gasteiger partial charge < -0.3 is 14.2 Å². The molecule has 1 fully saturated rings. The lowest BCUT2D eigenvalue weighted by atomic mass is 10.1. The lowest BCUT2D eigenvalue weighted by Gasteiger charge is -2.20. The van der Waals surface area contributed by atoms with E-state index in [9.17, 15) is 9.59 Å². The van der Waals surface area contributed by atoms with Crippen LogP contribution in [0.5, 0.6) is 0 Å². The van der Waals surface area contributed by atoms with Gasteiger partial charge in [-0.1, -0.05) is 42.5 Å². The van der Waals surface area contributed by atoms with Crippen molar-refractivity contribution < 1.29 is 23.8 Å². The summed E-state index contributed by atoms with van der Waals surface area (Å²) in [5.74, 6) is -0.713. The maximum absolute atomic E-state index is 12.1. The summed E-state index contributed by atoms with van der Waals surface area (Å²) in [4.78, 5) is 25.7. The molecule has 1 saturated heterocycles. The molecule has 2 aromatic carbocycles. The molecule has 2 aromatic rings. The van der Waals surface area contributed by atoms with Gasteiger partial charge in [0.25, 0.3) is 0 Å². The Kier molecular flexibility index (Phi) is 6.79. The van der Waals surface area contributed by atoms with E-state index in [0.717, 1.165) is 24.0 Å². The molecule has 1 aliphatic rings. The van der Waals surface area contributed by atoms with Crippen molar-refractivity contribution >= 4 is 11.9 Å². The molecule has 0 radical (unpaired) electrons. The van der Waals surface area contributed by atoms with E-state index >= 15 is 0 Å². The van der Waals surface area contributed by atoms with Crippen molar-refractivity contribution in [3.05, 3.63) is 71.3 Å². The van der Waals surface area contributed by atoms with Gasteiger partial charge in [-0.05, 0) is 36.1 Å². The summed E-state index contributed by atoms with van der Waals surface area (Å²) in [6.07, 6.45) is 0.860. The van der Waals surface area contributed by atoms with Gasteiger partial charge >= 0.3 is 11.9 Å². The first-order valence-electron chi connectivity index (χ1n) is 9.32. The first-order chi connectivity index (χ1) is 13.6. The predicted molar refractivity (Wildman–Crippen MR) is 104 cm³/mol. The summed E-state index contributed by atoms with van der Waals surface area (Å²) in [6, 6.07) is 17.3. The van der Waals surface area contributed by atoms with E-state index in [2.05, 4.69) is 0 Å². The Hall–Kier alpha value is -2.70. The van der Waals surface area contributed by atoms with Crippen LogP contribution >= 0.6 is 0 Å². The number of carbonyl (C=O) groups excluding carboxylic acids is 2. The van der Waals surface area contributed by atoms with E-state index in [1.807, 2.05) is 47.4 Å². The molecule has 2 atom stereocenters. The number of carbonyl (C=O) groups is 2. The molecular formula is C22H25NO5. The predicted octanol–water partition coefficient (Wildman–Crippen LogP) is 2.98. The molecule has 1 unspecified atom stereocenters. The number of ether oxygens (including phenoxy) is 3. The van der Waals surface area contributed by atoms with Crippen LogP contribution in [0.1, 0.15) is 34.0 Å². The molecule has 6 heteroatoms. The molecule has 28 heavy (non-hydrogen) atoms. The fourth-order valence-corrected chi connectivity index (χ4v) is 3.37. The van der Waals surface area contributed by atoms with E-state index in [1.54, 1.807) is 12.1 Å². The SMILES string of the molecule is COC(=O)c1ccc(CCCN2CC(c3ccccc3)O[C@@H]2C(=O)OC)cc1. The molecule has 0 aliphatic carbocycles. The van der Waals surface area contributed by atoms with Crippen molar-refractivity contribution in [3.63, 3.8) is 0 Å². The molecule has 148 valence electrons. The Morgan fingerprint density at radius 2 is 1.75 bits per heavy atom. The number of benzene rings is 2.